The Bertz CT molecular complexity index is 983. The Morgan fingerprint density at radius 3 is 2.06 bits per heavy atom. The average molecular weight is 480 g/mol. The zero-order chi connectivity index (χ0) is 25.0. The Kier molecular flexibility index (Phi) is 7.92. The highest BCUT2D eigenvalue weighted by Crippen LogP contribution is 2.38. The number of aliphatic hydroxyl groups excluding tert-OH is 3. The van der Waals surface area contributed by atoms with Crippen molar-refractivity contribution in [3.05, 3.63) is 35.9 Å². The molecule has 5 N–H and O–H groups in total. The van der Waals surface area contributed by atoms with Crippen molar-refractivity contribution in [2.24, 2.45) is 5.92 Å². The van der Waals surface area contributed by atoms with Gasteiger partial charge in [-0.3, -0.25) is 0 Å². The van der Waals surface area contributed by atoms with Crippen LogP contribution in [0.5, 0.6) is 34.5 Å². The molecule has 0 saturated heterocycles. The Balaban J connectivity index is 1.72. The third kappa shape index (κ3) is 5.22. The van der Waals surface area contributed by atoms with Crippen molar-refractivity contribution in [2.75, 3.05) is 27.9 Å². The number of hydrogen-bond acceptors (Lipinski definition) is 11. The van der Waals surface area contributed by atoms with Gasteiger partial charge in [-0.25, -0.2) is 4.79 Å². The van der Waals surface area contributed by atoms with E-state index in [-0.39, 0.29) is 53.1 Å². The largest absolute Gasteiger partial charge is 0.508 e. The van der Waals surface area contributed by atoms with E-state index >= 15 is 0 Å². The SMILES string of the molecule is COc1cc(O)ccc1O[C@@H]1C[C@H](COC(=O)c2cc(OC)c(O)c(OC)c2)[C@@H](O)[C@H](O)[C@H]1O. The van der Waals surface area contributed by atoms with E-state index in [0.717, 1.165) is 0 Å². The smallest absolute Gasteiger partial charge is 0.338 e. The third-order valence-corrected chi connectivity index (χ3v) is 5.67. The van der Waals surface area contributed by atoms with E-state index < -0.39 is 36.3 Å². The maximum atomic E-state index is 12.6. The number of methoxy groups -OCH3 is 3. The minimum Gasteiger partial charge on any atom is -0.508 e. The van der Waals surface area contributed by atoms with Gasteiger partial charge in [0.1, 0.15) is 24.1 Å². The maximum absolute atomic E-state index is 12.6. The summed E-state index contributed by atoms with van der Waals surface area (Å²) in [6.45, 7) is -0.290. The van der Waals surface area contributed by atoms with Crippen molar-refractivity contribution in [1.82, 2.24) is 0 Å². The summed E-state index contributed by atoms with van der Waals surface area (Å²) in [4.78, 5) is 12.6. The van der Waals surface area contributed by atoms with Crippen LogP contribution in [0.3, 0.4) is 0 Å². The van der Waals surface area contributed by atoms with Gasteiger partial charge in [0, 0.05) is 12.0 Å². The van der Waals surface area contributed by atoms with E-state index in [1.165, 1.54) is 51.7 Å². The highest BCUT2D eigenvalue weighted by atomic mass is 16.5. The first kappa shape index (κ1) is 25.2. The molecular weight excluding hydrogens is 452 g/mol. The van der Waals surface area contributed by atoms with Crippen molar-refractivity contribution < 1.29 is 54.0 Å². The van der Waals surface area contributed by atoms with Crippen LogP contribution in [0.25, 0.3) is 0 Å². The second-order valence-corrected chi connectivity index (χ2v) is 7.79. The van der Waals surface area contributed by atoms with Crippen molar-refractivity contribution in [3.63, 3.8) is 0 Å². The number of carbonyl (C=O) groups is 1. The molecule has 0 bridgehead atoms. The van der Waals surface area contributed by atoms with Gasteiger partial charge in [0.05, 0.1) is 39.6 Å². The number of hydrogen-bond donors (Lipinski definition) is 5. The molecule has 3 rings (SSSR count). The van der Waals surface area contributed by atoms with Gasteiger partial charge in [0.15, 0.2) is 23.0 Å². The van der Waals surface area contributed by atoms with E-state index in [0.29, 0.717) is 0 Å². The average Bonchev–Trinajstić information content (AvgIpc) is 2.84. The molecule has 186 valence electrons. The number of carbonyl (C=O) groups excluding carboxylic acids is 1. The van der Waals surface area contributed by atoms with Crippen LogP contribution in [0.15, 0.2) is 30.3 Å². The predicted octanol–water partition coefficient (Wildman–Crippen LogP) is 0.831. The van der Waals surface area contributed by atoms with Gasteiger partial charge in [0.2, 0.25) is 5.75 Å². The minimum atomic E-state index is -1.56. The normalized spacial score (nSPS) is 24.2. The number of aliphatic hydroxyl groups is 3. The fourth-order valence-electron chi connectivity index (χ4n) is 3.76. The lowest BCUT2D eigenvalue weighted by Crippen LogP contribution is -2.56. The predicted molar refractivity (Wildman–Crippen MR) is 117 cm³/mol. The van der Waals surface area contributed by atoms with Crippen molar-refractivity contribution in [3.8, 4) is 34.5 Å². The minimum absolute atomic E-state index is 0.0128. The Morgan fingerprint density at radius 1 is 0.853 bits per heavy atom. The number of ether oxygens (including phenoxy) is 5. The third-order valence-electron chi connectivity index (χ3n) is 5.67. The zero-order valence-corrected chi connectivity index (χ0v) is 18.9. The first-order valence-corrected chi connectivity index (χ1v) is 10.4. The molecule has 2 aromatic carbocycles. The van der Waals surface area contributed by atoms with E-state index in [1.54, 1.807) is 0 Å². The van der Waals surface area contributed by atoms with E-state index in [1.807, 2.05) is 0 Å². The van der Waals surface area contributed by atoms with Gasteiger partial charge < -0.3 is 49.2 Å². The van der Waals surface area contributed by atoms with Crippen LogP contribution in [-0.4, -0.2) is 83.9 Å². The number of esters is 1. The molecule has 0 aromatic heterocycles. The van der Waals surface area contributed by atoms with Crippen LogP contribution in [0.4, 0.5) is 0 Å². The van der Waals surface area contributed by atoms with Gasteiger partial charge in [0.25, 0.3) is 0 Å². The molecule has 1 fully saturated rings. The van der Waals surface area contributed by atoms with Crippen LogP contribution >= 0.6 is 0 Å². The summed E-state index contributed by atoms with van der Waals surface area (Å²) in [6.07, 6.45) is -5.29. The summed E-state index contributed by atoms with van der Waals surface area (Å²) in [5, 5.41) is 50.8. The van der Waals surface area contributed by atoms with Gasteiger partial charge in [-0.05, 0) is 30.7 Å². The topological polar surface area (TPSA) is 164 Å². The van der Waals surface area contributed by atoms with Gasteiger partial charge >= 0.3 is 5.97 Å². The van der Waals surface area contributed by atoms with Crippen LogP contribution in [0.1, 0.15) is 16.8 Å². The first-order valence-electron chi connectivity index (χ1n) is 10.4. The van der Waals surface area contributed by atoms with Crippen LogP contribution < -0.4 is 18.9 Å². The number of benzene rings is 2. The van der Waals surface area contributed by atoms with Crippen LogP contribution in [0, 0.1) is 5.92 Å². The second-order valence-electron chi connectivity index (χ2n) is 7.79. The molecule has 11 heteroatoms. The molecule has 0 heterocycles. The summed E-state index contributed by atoms with van der Waals surface area (Å²) >= 11 is 0. The number of rotatable bonds is 8. The van der Waals surface area contributed by atoms with Crippen molar-refractivity contribution in [1.29, 1.82) is 0 Å². The molecule has 0 amide bonds. The molecule has 0 spiro atoms. The van der Waals surface area contributed by atoms with Gasteiger partial charge in [-0.2, -0.15) is 0 Å². The molecule has 0 aliphatic heterocycles. The van der Waals surface area contributed by atoms with Crippen LogP contribution in [-0.2, 0) is 4.74 Å². The molecule has 11 nitrogen and oxygen atoms in total. The number of phenolic OH excluding ortho intramolecular Hbond substituents is 2. The highest BCUT2D eigenvalue weighted by Gasteiger charge is 2.44. The summed E-state index contributed by atoms with van der Waals surface area (Å²) in [5.74, 6) is -1.41. The number of aromatic hydroxyl groups is 2. The molecule has 34 heavy (non-hydrogen) atoms. The standard InChI is InChI=1S/C23H28O11/c1-30-15-9-13(24)4-5-14(15)34-18-8-12(19(25)22(28)21(18)27)10-33-23(29)11-6-16(31-2)20(26)17(7-11)32-3/h4-7,9,12,18-19,21-22,24-28H,8,10H2,1-3H3/t12-,18-,19-,21+,22+/m1/s1. The molecule has 1 aliphatic rings. The molecule has 1 saturated carbocycles. The van der Waals surface area contributed by atoms with E-state index in [9.17, 15) is 30.3 Å². The highest BCUT2D eigenvalue weighted by molar-refractivity contribution is 5.91. The van der Waals surface area contributed by atoms with E-state index in [4.69, 9.17) is 23.7 Å². The van der Waals surface area contributed by atoms with Gasteiger partial charge in [-0.1, -0.05) is 0 Å². The molecule has 2 aromatic rings. The summed E-state index contributed by atoms with van der Waals surface area (Å²) in [6, 6.07) is 6.70. The molecule has 0 unspecified atom stereocenters. The lowest BCUT2D eigenvalue weighted by Gasteiger charge is -2.40. The molecular formula is C23H28O11. The van der Waals surface area contributed by atoms with Crippen LogP contribution in [0.2, 0.25) is 0 Å². The first-order chi connectivity index (χ1) is 16.2. The lowest BCUT2D eigenvalue weighted by molar-refractivity contribution is -0.157. The Hall–Kier alpha value is -3.41. The Labute approximate surface area is 195 Å². The van der Waals surface area contributed by atoms with E-state index in [2.05, 4.69) is 0 Å². The van der Waals surface area contributed by atoms with Crippen molar-refractivity contribution in [2.45, 2.75) is 30.8 Å². The number of phenols is 2. The summed E-state index contributed by atoms with van der Waals surface area (Å²) < 4.78 is 26.4. The zero-order valence-electron chi connectivity index (χ0n) is 18.9. The molecule has 0 radical (unpaired) electrons. The molecule has 5 atom stereocenters. The fourth-order valence-corrected chi connectivity index (χ4v) is 3.76. The summed E-state index contributed by atoms with van der Waals surface area (Å²) in [5.41, 5.74) is 0.0408. The van der Waals surface area contributed by atoms with Gasteiger partial charge in [-0.15, -0.1) is 0 Å². The fraction of sp³-hybridized carbons (Fsp3) is 0.435. The quantitative estimate of drug-likeness (QED) is 0.340. The second kappa shape index (κ2) is 10.7. The maximum Gasteiger partial charge on any atom is 0.338 e. The summed E-state index contributed by atoms with van der Waals surface area (Å²) in [7, 11) is 4.02. The monoisotopic (exact) mass is 480 g/mol. The van der Waals surface area contributed by atoms with Crippen molar-refractivity contribution >= 4 is 5.97 Å². The molecule has 1 aliphatic carbocycles. The lowest BCUT2D eigenvalue weighted by atomic mass is 9.81. The Morgan fingerprint density at radius 2 is 1.47 bits per heavy atom.